The second-order valence-corrected chi connectivity index (χ2v) is 8.34. The number of fused-ring (bicyclic) bond motifs is 1. The van der Waals surface area contributed by atoms with E-state index in [1.54, 1.807) is 0 Å². The molecule has 2 aliphatic carbocycles. The molecule has 4 rings (SSSR count). The smallest absolute Gasteiger partial charge is 0.170 e. The van der Waals surface area contributed by atoms with Crippen LogP contribution in [0.25, 0.3) is 22.4 Å². The topological polar surface area (TPSA) is 55.7 Å². The van der Waals surface area contributed by atoms with Crippen molar-refractivity contribution < 1.29 is 4.79 Å². The summed E-state index contributed by atoms with van der Waals surface area (Å²) in [4.78, 5) is 26.9. The molecule has 2 aromatic rings. The number of pyridine rings is 1. The molecule has 0 aliphatic heterocycles. The summed E-state index contributed by atoms with van der Waals surface area (Å²) in [5.74, 6) is 0.126. The second kappa shape index (κ2) is 6.84. The van der Waals surface area contributed by atoms with Gasteiger partial charge in [-0.25, -0.2) is 4.98 Å². The van der Waals surface area contributed by atoms with Crippen LogP contribution in [0.4, 0.5) is 0 Å². The minimum absolute atomic E-state index is 0.126. The Morgan fingerprint density at radius 1 is 1.04 bits per heavy atom. The van der Waals surface area contributed by atoms with E-state index in [-0.39, 0.29) is 5.78 Å². The maximum absolute atomic E-state index is 12.9. The van der Waals surface area contributed by atoms with Crippen LogP contribution in [-0.4, -0.2) is 20.7 Å². The van der Waals surface area contributed by atoms with Crippen molar-refractivity contribution in [2.45, 2.75) is 52.9 Å². The van der Waals surface area contributed by atoms with Crippen LogP contribution >= 0.6 is 0 Å². The van der Waals surface area contributed by atoms with E-state index in [1.807, 2.05) is 45.3 Å². The van der Waals surface area contributed by atoms with E-state index >= 15 is 0 Å². The molecule has 0 N–H and O–H groups in total. The number of carbonyl (C=O) groups is 1. The van der Waals surface area contributed by atoms with Crippen LogP contribution in [0.1, 0.15) is 63.5 Å². The zero-order chi connectivity index (χ0) is 19.0. The molecule has 0 radical (unpaired) electrons. The SMILES string of the molecule is CC(C)(C)C(=O)C1=CCCc2ncc(-c3ccnc(C4=CCCC4)c3)nc21. The van der Waals surface area contributed by atoms with Crippen LogP contribution in [-0.2, 0) is 11.2 Å². The Kier molecular flexibility index (Phi) is 4.50. The van der Waals surface area contributed by atoms with E-state index in [1.165, 1.54) is 12.0 Å². The first kappa shape index (κ1) is 17.8. The maximum Gasteiger partial charge on any atom is 0.170 e. The first-order chi connectivity index (χ1) is 12.9. The van der Waals surface area contributed by atoms with Gasteiger partial charge < -0.3 is 0 Å². The third-order valence-electron chi connectivity index (χ3n) is 5.18. The minimum atomic E-state index is -0.434. The molecule has 4 nitrogen and oxygen atoms in total. The molecule has 0 saturated carbocycles. The lowest BCUT2D eigenvalue weighted by Gasteiger charge is -2.22. The fraction of sp³-hybridized carbons (Fsp3) is 0.391. The van der Waals surface area contributed by atoms with Gasteiger partial charge in [-0.2, -0.15) is 0 Å². The molecule has 4 heteroatoms. The first-order valence-electron chi connectivity index (χ1n) is 9.70. The lowest BCUT2D eigenvalue weighted by molar-refractivity contribution is -0.120. The Balaban J connectivity index is 1.74. The van der Waals surface area contributed by atoms with Crippen LogP contribution in [0.15, 0.2) is 36.7 Å². The summed E-state index contributed by atoms with van der Waals surface area (Å²) in [5.41, 5.74) is 6.07. The van der Waals surface area contributed by atoms with Gasteiger partial charge in [0.1, 0.15) is 0 Å². The fourth-order valence-electron chi connectivity index (χ4n) is 3.67. The Hall–Kier alpha value is -2.62. The predicted octanol–water partition coefficient (Wildman–Crippen LogP) is 5.05. The Bertz CT molecular complexity index is 964. The zero-order valence-electron chi connectivity index (χ0n) is 16.2. The lowest BCUT2D eigenvalue weighted by atomic mass is 9.82. The molecule has 0 atom stereocenters. The molecular formula is C23H25N3O. The van der Waals surface area contributed by atoms with E-state index in [9.17, 15) is 4.79 Å². The van der Waals surface area contributed by atoms with Crippen LogP contribution < -0.4 is 0 Å². The van der Waals surface area contributed by atoms with Crippen molar-refractivity contribution in [3.05, 3.63) is 53.8 Å². The van der Waals surface area contributed by atoms with E-state index < -0.39 is 5.41 Å². The summed E-state index contributed by atoms with van der Waals surface area (Å²) < 4.78 is 0. The van der Waals surface area contributed by atoms with Gasteiger partial charge in [-0.1, -0.05) is 32.9 Å². The van der Waals surface area contributed by atoms with Crippen molar-refractivity contribution in [2.24, 2.45) is 5.41 Å². The van der Waals surface area contributed by atoms with Gasteiger partial charge in [-0.05, 0) is 49.8 Å². The highest BCUT2D eigenvalue weighted by atomic mass is 16.1. The summed E-state index contributed by atoms with van der Waals surface area (Å²) in [7, 11) is 0. The highest BCUT2D eigenvalue weighted by Crippen LogP contribution is 2.33. The highest BCUT2D eigenvalue weighted by molar-refractivity contribution is 6.23. The first-order valence-corrected chi connectivity index (χ1v) is 9.70. The van der Waals surface area contributed by atoms with E-state index in [0.29, 0.717) is 5.57 Å². The number of ketones is 1. The van der Waals surface area contributed by atoms with Crippen LogP contribution in [0.3, 0.4) is 0 Å². The number of aryl methyl sites for hydroxylation is 1. The lowest BCUT2D eigenvalue weighted by Crippen LogP contribution is -2.24. The third-order valence-corrected chi connectivity index (χ3v) is 5.18. The quantitative estimate of drug-likeness (QED) is 0.769. The summed E-state index contributed by atoms with van der Waals surface area (Å²) in [6.45, 7) is 5.85. The van der Waals surface area contributed by atoms with Crippen LogP contribution in [0.2, 0.25) is 0 Å². The van der Waals surface area contributed by atoms with Gasteiger partial charge >= 0.3 is 0 Å². The molecule has 0 saturated heterocycles. The molecule has 2 heterocycles. The van der Waals surface area contributed by atoms with Crippen molar-refractivity contribution in [1.82, 2.24) is 15.0 Å². The number of carbonyl (C=O) groups excluding carboxylic acids is 1. The molecule has 0 unspecified atom stereocenters. The van der Waals surface area contributed by atoms with E-state index in [4.69, 9.17) is 4.98 Å². The minimum Gasteiger partial charge on any atom is -0.294 e. The molecular weight excluding hydrogens is 334 g/mol. The Labute approximate surface area is 160 Å². The number of hydrogen-bond acceptors (Lipinski definition) is 4. The van der Waals surface area contributed by atoms with Gasteiger partial charge in [0.15, 0.2) is 5.78 Å². The molecule has 27 heavy (non-hydrogen) atoms. The zero-order valence-corrected chi connectivity index (χ0v) is 16.2. The number of nitrogens with zero attached hydrogens (tertiary/aromatic N) is 3. The van der Waals surface area contributed by atoms with Gasteiger partial charge in [0, 0.05) is 22.7 Å². The summed E-state index contributed by atoms with van der Waals surface area (Å²) in [6.07, 6.45) is 13.0. The normalized spacial score (nSPS) is 16.6. The number of hydrogen-bond donors (Lipinski definition) is 0. The van der Waals surface area contributed by atoms with Crippen molar-refractivity contribution in [1.29, 1.82) is 0 Å². The van der Waals surface area contributed by atoms with Gasteiger partial charge in [0.05, 0.1) is 29.0 Å². The second-order valence-electron chi connectivity index (χ2n) is 8.34. The van der Waals surface area contributed by atoms with Crippen LogP contribution in [0.5, 0.6) is 0 Å². The molecule has 2 aliphatic rings. The predicted molar refractivity (Wildman–Crippen MR) is 108 cm³/mol. The van der Waals surface area contributed by atoms with Crippen LogP contribution in [0, 0.1) is 5.41 Å². The third kappa shape index (κ3) is 3.48. The summed E-state index contributed by atoms with van der Waals surface area (Å²) >= 11 is 0. The summed E-state index contributed by atoms with van der Waals surface area (Å²) in [6, 6.07) is 4.05. The number of rotatable bonds is 3. The van der Waals surface area contributed by atoms with Gasteiger partial charge in [-0.3, -0.25) is 14.8 Å². The Morgan fingerprint density at radius 3 is 2.63 bits per heavy atom. The number of aromatic nitrogens is 3. The average molecular weight is 359 g/mol. The molecule has 0 amide bonds. The van der Waals surface area contributed by atoms with Crippen molar-refractivity contribution in [3.8, 4) is 11.3 Å². The van der Waals surface area contributed by atoms with E-state index in [0.717, 1.165) is 54.0 Å². The highest BCUT2D eigenvalue weighted by Gasteiger charge is 2.30. The molecule has 0 fully saturated rings. The average Bonchev–Trinajstić information content (AvgIpc) is 3.21. The van der Waals surface area contributed by atoms with Gasteiger partial charge in [0.2, 0.25) is 0 Å². The van der Waals surface area contributed by atoms with Crippen molar-refractivity contribution >= 4 is 16.9 Å². The van der Waals surface area contributed by atoms with Gasteiger partial charge in [0.25, 0.3) is 0 Å². The van der Waals surface area contributed by atoms with Crippen molar-refractivity contribution in [2.75, 3.05) is 0 Å². The van der Waals surface area contributed by atoms with Crippen molar-refractivity contribution in [3.63, 3.8) is 0 Å². The molecule has 0 spiro atoms. The standard InChI is InChI=1S/C23H25N3O/c1-23(2,3)22(27)17-9-6-10-18-21(17)26-20(14-25-18)16-11-12-24-19(13-16)15-7-4-5-8-15/h7,9,11-14H,4-6,8,10H2,1-3H3. The largest absolute Gasteiger partial charge is 0.294 e. The molecule has 138 valence electrons. The molecule has 2 aromatic heterocycles. The number of allylic oxidation sites excluding steroid dienone is 4. The maximum atomic E-state index is 12.9. The summed E-state index contributed by atoms with van der Waals surface area (Å²) in [5, 5.41) is 0. The van der Waals surface area contributed by atoms with E-state index in [2.05, 4.69) is 22.1 Å². The van der Waals surface area contributed by atoms with Gasteiger partial charge in [-0.15, -0.1) is 0 Å². The monoisotopic (exact) mass is 359 g/mol. The molecule has 0 aromatic carbocycles. The Morgan fingerprint density at radius 2 is 1.89 bits per heavy atom. The number of Topliss-reactive ketones (excluding diaryl/α,β-unsaturated/α-hetero) is 1. The molecule has 0 bridgehead atoms. The fourth-order valence-corrected chi connectivity index (χ4v) is 3.67.